The van der Waals surface area contributed by atoms with Crippen molar-refractivity contribution in [3.05, 3.63) is 41.7 Å². The van der Waals surface area contributed by atoms with E-state index in [4.69, 9.17) is 9.47 Å². The first-order chi connectivity index (χ1) is 15.9. The van der Waals surface area contributed by atoms with Crippen LogP contribution >= 0.6 is 0 Å². The number of carbonyl (C=O) groups excluding carboxylic acids is 2. The maximum Gasteiger partial charge on any atom is 0.417 e. The van der Waals surface area contributed by atoms with E-state index >= 15 is 0 Å². The van der Waals surface area contributed by atoms with Crippen LogP contribution in [0, 0.1) is 12.7 Å². The molecule has 174 valence electrons. The maximum absolute atomic E-state index is 14.3. The van der Waals surface area contributed by atoms with Crippen LogP contribution < -0.4 is 20.1 Å². The van der Waals surface area contributed by atoms with Gasteiger partial charge in [0.2, 0.25) is 5.88 Å². The minimum absolute atomic E-state index is 0.00677. The summed E-state index contributed by atoms with van der Waals surface area (Å²) in [7, 11) is 1.64. The summed E-state index contributed by atoms with van der Waals surface area (Å²) >= 11 is 0. The van der Waals surface area contributed by atoms with Gasteiger partial charge in [-0.2, -0.15) is 4.98 Å². The van der Waals surface area contributed by atoms with Gasteiger partial charge in [-0.3, -0.25) is 4.79 Å². The second-order valence-corrected chi connectivity index (χ2v) is 7.57. The molecule has 33 heavy (non-hydrogen) atoms. The Morgan fingerprint density at radius 1 is 1.36 bits per heavy atom. The van der Waals surface area contributed by atoms with Crippen LogP contribution in [0.3, 0.4) is 0 Å². The van der Waals surface area contributed by atoms with E-state index in [0.29, 0.717) is 12.2 Å². The Morgan fingerprint density at radius 3 is 2.91 bits per heavy atom. The number of rotatable bonds is 6. The summed E-state index contributed by atoms with van der Waals surface area (Å²) < 4.78 is 26.5. The Bertz CT molecular complexity index is 1190. The number of hydrogen-bond donors (Lipinski definition) is 2. The molecule has 3 aromatic rings. The molecular formula is C21H24FN7O4. The molecule has 4 rings (SSSR count). The summed E-state index contributed by atoms with van der Waals surface area (Å²) in [5, 5.41) is 5.78. The number of halogens is 1. The lowest BCUT2D eigenvalue weighted by molar-refractivity contribution is 0.102. The number of pyridine rings is 1. The summed E-state index contributed by atoms with van der Waals surface area (Å²) in [4.78, 5) is 38.9. The second kappa shape index (κ2) is 9.36. The molecule has 1 aliphatic heterocycles. The Hall–Kier alpha value is -3.80. The van der Waals surface area contributed by atoms with Gasteiger partial charge in [-0.05, 0) is 26.8 Å². The molecule has 0 saturated carbocycles. The molecule has 2 amide bonds. The van der Waals surface area contributed by atoms with Crippen LogP contribution in [0.4, 0.5) is 14.9 Å². The van der Waals surface area contributed by atoms with E-state index in [9.17, 15) is 14.0 Å². The highest BCUT2D eigenvalue weighted by molar-refractivity contribution is 6.05. The van der Waals surface area contributed by atoms with E-state index < -0.39 is 17.8 Å². The fourth-order valence-corrected chi connectivity index (χ4v) is 3.52. The average Bonchev–Trinajstić information content (AvgIpc) is 3.43. The summed E-state index contributed by atoms with van der Waals surface area (Å²) in [6.45, 7) is 5.19. The van der Waals surface area contributed by atoms with Crippen LogP contribution in [0.5, 0.6) is 11.9 Å². The Balaban J connectivity index is 1.52. The molecule has 11 nitrogen and oxygen atoms in total. The van der Waals surface area contributed by atoms with Crippen molar-refractivity contribution in [1.82, 2.24) is 29.6 Å². The van der Waals surface area contributed by atoms with Crippen LogP contribution in [0.2, 0.25) is 0 Å². The number of hydrogen-bond acceptors (Lipinski definition) is 8. The summed E-state index contributed by atoms with van der Waals surface area (Å²) in [6.07, 6.45) is 4.60. The SMILES string of the molecule is CCOc1nc(OC(=O)N(C)C2CCNC2)ncc1C(=O)Nc1cc(F)c2nc(C)cn2c1. The van der Waals surface area contributed by atoms with Gasteiger partial charge in [0.1, 0.15) is 5.56 Å². The zero-order chi connectivity index (χ0) is 23.5. The highest BCUT2D eigenvalue weighted by atomic mass is 19.1. The third-order valence-electron chi connectivity index (χ3n) is 5.19. The molecule has 3 aromatic heterocycles. The number of carbonyl (C=O) groups is 2. The highest BCUT2D eigenvalue weighted by Crippen LogP contribution is 2.22. The predicted octanol–water partition coefficient (Wildman–Crippen LogP) is 2.02. The van der Waals surface area contributed by atoms with Gasteiger partial charge in [-0.1, -0.05) is 0 Å². The monoisotopic (exact) mass is 457 g/mol. The largest absolute Gasteiger partial charge is 0.477 e. The van der Waals surface area contributed by atoms with Crippen molar-refractivity contribution in [2.24, 2.45) is 0 Å². The minimum atomic E-state index is -0.610. The molecule has 1 fully saturated rings. The molecule has 1 unspecified atom stereocenters. The maximum atomic E-state index is 14.3. The van der Waals surface area contributed by atoms with Crippen LogP contribution in [-0.4, -0.2) is 69.0 Å². The van der Waals surface area contributed by atoms with Gasteiger partial charge in [0.05, 0.1) is 24.2 Å². The molecule has 0 aromatic carbocycles. The lowest BCUT2D eigenvalue weighted by Crippen LogP contribution is -2.40. The summed E-state index contributed by atoms with van der Waals surface area (Å²) in [5.41, 5.74) is 1.03. The van der Waals surface area contributed by atoms with Gasteiger partial charge < -0.3 is 29.4 Å². The lowest BCUT2D eigenvalue weighted by atomic mass is 10.2. The molecule has 0 radical (unpaired) electrons. The van der Waals surface area contributed by atoms with Gasteiger partial charge >= 0.3 is 12.1 Å². The number of aryl methyl sites for hydroxylation is 1. The molecule has 12 heteroatoms. The van der Waals surface area contributed by atoms with E-state index in [1.807, 2.05) is 0 Å². The van der Waals surface area contributed by atoms with Crippen molar-refractivity contribution in [3.8, 4) is 11.9 Å². The number of anilines is 1. The van der Waals surface area contributed by atoms with Crippen LogP contribution in [0.1, 0.15) is 29.4 Å². The van der Waals surface area contributed by atoms with E-state index in [1.165, 1.54) is 21.6 Å². The van der Waals surface area contributed by atoms with Crippen molar-refractivity contribution in [2.45, 2.75) is 26.3 Å². The number of aromatic nitrogens is 4. The number of nitrogens with zero attached hydrogens (tertiary/aromatic N) is 5. The minimum Gasteiger partial charge on any atom is -0.477 e. The summed E-state index contributed by atoms with van der Waals surface area (Å²) in [6, 6.07) is 0.954. The van der Waals surface area contributed by atoms with Gasteiger partial charge in [-0.15, -0.1) is 0 Å². The highest BCUT2D eigenvalue weighted by Gasteiger charge is 2.26. The standard InChI is InChI=1S/C21H24FN7O4/c1-4-32-19-15(9-24-20(27-19)33-21(31)28(3)14-5-6-23-8-14)18(30)26-13-7-16(22)17-25-12(2)10-29(17)11-13/h7,9-11,14,23H,4-6,8H2,1-3H3,(H,26,30). The number of fused-ring (bicyclic) bond motifs is 1. The first-order valence-electron chi connectivity index (χ1n) is 10.5. The number of amides is 2. The Kier molecular flexibility index (Phi) is 6.36. The van der Waals surface area contributed by atoms with E-state index in [-0.39, 0.29) is 41.4 Å². The first kappa shape index (κ1) is 22.4. The van der Waals surface area contributed by atoms with Gasteiger partial charge in [-0.25, -0.2) is 19.2 Å². The van der Waals surface area contributed by atoms with Crippen molar-refractivity contribution < 1.29 is 23.5 Å². The first-order valence-corrected chi connectivity index (χ1v) is 10.5. The van der Waals surface area contributed by atoms with Crippen LogP contribution in [0.25, 0.3) is 5.65 Å². The van der Waals surface area contributed by atoms with Gasteiger partial charge in [0, 0.05) is 38.1 Å². The molecule has 4 heterocycles. The van der Waals surface area contributed by atoms with Crippen LogP contribution in [-0.2, 0) is 0 Å². The molecule has 1 aliphatic rings. The third-order valence-corrected chi connectivity index (χ3v) is 5.19. The van der Waals surface area contributed by atoms with E-state index in [2.05, 4.69) is 25.6 Å². The normalized spacial score (nSPS) is 15.5. The zero-order valence-corrected chi connectivity index (χ0v) is 18.5. The molecule has 1 atom stereocenters. The number of likely N-dealkylation sites (N-methyl/N-ethyl adjacent to an activating group) is 1. The van der Waals surface area contributed by atoms with Gasteiger partial charge in [0.25, 0.3) is 5.91 Å². The molecular weight excluding hydrogens is 433 g/mol. The number of ether oxygens (including phenoxy) is 2. The second-order valence-electron chi connectivity index (χ2n) is 7.57. The molecule has 2 N–H and O–H groups in total. The lowest BCUT2D eigenvalue weighted by Gasteiger charge is -2.22. The fraction of sp³-hybridized carbons (Fsp3) is 0.381. The zero-order valence-electron chi connectivity index (χ0n) is 18.5. The Labute approximate surface area is 188 Å². The predicted molar refractivity (Wildman–Crippen MR) is 116 cm³/mol. The number of nitrogens with one attached hydrogen (secondary N) is 2. The van der Waals surface area contributed by atoms with E-state index in [1.54, 1.807) is 33.3 Å². The van der Waals surface area contributed by atoms with Crippen molar-refractivity contribution in [3.63, 3.8) is 0 Å². The quantitative estimate of drug-likeness (QED) is 0.576. The van der Waals surface area contributed by atoms with E-state index in [0.717, 1.165) is 13.0 Å². The molecule has 0 bridgehead atoms. The average molecular weight is 457 g/mol. The third kappa shape index (κ3) is 4.85. The fourth-order valence-electron chi connectivity index (χ4n) is 3.52. The van der Waals surface area contributed by atoms with Gasteiger partial charge in [0.15, 0.2) is 11.5 Å². The summed E-state index contributed by atoms with van der Waals surface area (Å²) in [5.74, 6) is -1.25. The molecule has 1 saturated heterocycles. The number of imidazole rings is 1. The molecule has 0 aliphatic carbocycles. The molecule has 0 spiro atoms. The van der Waals surface area contributed by atoms with Crippen molar-refractivity contribution in [2.75, 3.05) is 32.1 Å². The topological polar surface area (TPSA) is 123 Å². The Morgan fingerprint density at radius 2 is 2.18 bits per heavy atom. The van der Waals surface area contributed by atoms with Crippen LogP contribution in [0.15, 0.2) is 24.7 Å². The smallest absolute Gasteiger partial charge is 0.417 e. The van der Waals surface area contributed by atoms with Crippen molar-refractivity contribution in [1.29, 1.82) is 0 Å². The van der Waals surface area contributed by atoms with Crippen molar-refractivity contribution >= 4 is 23.3 Å².